The second-order valence-corrected chi connectivity index (χ2v) is 2.60. The minimum Gasteiger partial charge on any atom is -0.270 e. The van der Waals surface area contributed by atoms with Gasteiger partial charge >= 0.3 is 0 Å². The van der Waals surface area contributed by atoms with Crippen LogP contribution in [-0.2, 0) is 0 Å². The molecule has 0 N–H and O–H groups in total. The zero-order valence-electron chi connectivity index (χ0n) is 5.77. The molecule has 0 spiro atoms. The summed E-state index contributed by atoms with van der Waals surface area (Å²) in [4.78, 5) is 0. The molecule has 1 aliphatic carbocycles. The van der Waals surface area contributed by atoms with E-state index in [1.54, 1.807) is 0 Å². The van der Waals surface area contributed by atoms with E-state index in [0.29, 0.717) is 6.04 Å². The van der Waals surface area contributed by atoms with Crippen LogP contribution in [-0.4, -0.2) is 17.3 Å². The smallest absolute Gasteiger partial charge is 0.0520 e. The van der Waals surface area contributed by atoms with E-state index in [2.05, 4.69) is 5.10 Å². The summed E-state index contributed by atoms with van der Waals surface area (Å²) in [7, 11) is 0. The van der Waals surface area contributed by atoms with Crippen molar-refractivity contribution in [1.82, 2.24) is 5.01 Å². The van der Waals surface area contributed by atoms with E-state index in [1.807, 2.05) is 35.7 Å². The Balaban J connectivity index is 2.08. The van der Waals surface area contributed by atoms with Gasteiger partial charge in [0, 0.05) is 12.4 Å². The quantitative estimate of drug-likeness (QED) is 0.531. The van der Waals surface area contributed by atoms with Gasteiger partial charge in [0.15, 0.2) is 0 Å². The van der Waals surface area contributed by atoms with Gasteiger partial charge in [-0.15, -0.1) is 0 Å². The maximum absolute atomic E-state index is 4.22. The molecular formula is C8H10N2. The molecule has 1 saturated carbocycles. The molecule has 2 heteroatoms. The highest BCUT2D eigenvalue weighted by molar-refractivity contribution is 5.71. The van der Waals surface area contributed by atoms with Crippen LogP contribution < -0.4 is 0 Å². The third-order valence-corrected chi connectivity index (χ3v) is 1.67. The van der Waals surface area contributed by atoms with Crippen LogP contribution in [0.3, 0.4) is 0 Å². The largest absolute Gasteiger partial charge is 0.270 e. The number of nitrogens with zero attached hydrogens (tertiary/aromatic N) is 2. The maximum Gasteiger partial charge on any atom is 0.0520 e. The lowest BCUT2D eigenvalue weighted by atomic mass is 10.5. The van der Waals surface area contributed by atoms with Gasteiger partial charge in [0.25, 0.3) is 0 Å². The van der Waals surface area contributed by atoms with Crippen LogP contribution in [0, 0.1) is 0 Å². The third-order valence-electron chi connectivity index (χ3n) is 1.67. The molecule has 2 rings (SSSR count). The molecule has 0 atom stereocenters. The van der Waals surface area contributed by atoms with Crippen molar-refractivity contribution in [3.63, 3.8) is 0 Å². The average Bonchev–Trinajstić information content (AvgIpc) is 2.76. The molecule has 0 aromatic heterocycles. The molecule has 2 nitrogen and oxygen atoms in total. The Bertz CT molecular complexity index is 183. The summed E-state index contributed by atoms with van der Waals surface area (Å²) < 4.78 is 0. The van der Waals surface area contributed by atoms with Crippen LogP contribution in [0.25, 0.3) is 0 Å². The van der Waals surface area contributed by atoms with Gasteiger partial charge in [0.1, 0.15) is 0 Å². The number of hydrogen-bond donors (Lipinski definition) is 0. The Kier molecular flexibility index (Phi) is 1.31. The topological polar surface area (TPSA) is 15.6 Å². The fraction of sp³-hybridized carbons (Fsp3) is 0.375. The first-order chi connectivity index (χ1) is 4.97. The van der Waals surface area contributed by atoms with Crippen LogP contribution in [0.1, 0.15) is 12.8 Å². The lowest BCUT2D eigenvalue weighted by molar-refractivity contribution is 0.391. The lowest BCUT2D eigenvalue weighted by Gasteiger charge is -2.10. The Hall–Kier alpha value is -1.05. The summed E-state index contributed by atoms with van der Waals surface area (Å²) in [5.41, 5.74) is 0. The first-order valence-electron chi connectivity index (χ1n) is 3.62. The van der Waals surface area contributed by atoms with Gasteiger partial charge in [-0.05, 0) is 25.0 Å². The fourth-order valence-corrected chi connectivity index (χ4v) is 0.961. The molecule has 2 aliphatic rings. The summed E-state index contributed by atoms with van der Waals surface area (Å²) in [5.74, 6) is 0. The van der Waals surface area contributed by atoms with Gasteiger partial charge in [-0.2, -0.15) is 5.10 Å². The van der Waals surface area contributed by atoms with Gasteiger partial charge in [-0.3, -0.25) is 5.01 Å². The van der Waals surface area contributed by atoms with E-state index < -0.39 is 0 Å². The standard InChI is InChI=1S/C8H10N2/c1-2-6-9-10(7-3-1)8-4-5-8/h1-3,6-8H,4-5H2. The minimum absolute atomic E-state index is 0.687. The van der Waals surface area contributed by atoms with Gasteiger partial charge in [-0.25, -0.2) is 0 Å². The molecule has 1 aliphatic heterocycles. The molecule has 0 radical (unpaired) electrons. The van der Waals surface area contributed by atoms with Gasteiger partial charge in [0.05, 0.1) is 6.04 Å². The summed E-state index contributed by atoms with van der Waals surface area (Å²) >= 11 is 0. The molecule has 10 heavy (non-hydrogen) atoms. The summed E-state index contributed by atoms with van der Waals surface area (Å²) in [5, 5.41) is 6.25. The van der Waals surface area contributed by atoms with Crippen LogP contribution in [0.4, 0.5) is 0 Å². The van der Waals surface area contributed by atoms with E-state index in [4.69, 9.17) is 0 Å². The third kappa shape index (κ3) is 1.10. The van der Waals surface area contributed by atoms with E-state index in [1.165, 1.54) is 12.8 Å². The van der Waals surface area contributed by atoms with E-state index in [-0.39, 0.29) is 0 Å². The normalized spacial score (nSPS) is 23.4. The maximum atomic E-state index is 4.22. The van der Waals surface area contributed by atoms with E-state index in [0.717, 1.165) is 0 Å². The van der Waals surface area contributed by atoms with Crippen molar-refractivity contribution in [2.45, 2.75) is 18.9 Å². The molecule has 0 unspecified atom stereocenters. The number of hydrazone groups is 1. The Morgan fingerprint density at radius 3 is 2.90 bits per heavy atom. The van der Waals surface area contributed by atoms with Gasteiger partial charge in [0.2, 0.25) is 0 Å². The predicted molar refractivity (Wildman–Crippen MR) is 41.6 cm³/mol. The minimum atomic E-state index is 0.687. The van der Waals surface area contributed by atoms with E-state index in [9.17, 15) is 0 Å². The molecule has 0 aromatic carbocycles. The summed E-state index contributed by atoms with van der Waals surface area (Å²) in [6, 6.07) is 0.687. The second-order valence-electron chi connectivity index (χ2n) is 2.60. The van der Waals surface area contributed by atoms with Crippen molar-refractivity contribution in [2.24, 2.45) is 5.10 Å². The first-order valence-corrected chi connectivity index (χ1v) is 3.62. The highest BCUT2D eigenvalue weighted by atomic mass is 15.5. The highest BCUT2D eigenvalue weighted by Gasteiger charge is 2.26. The van der Waals surface area contributed by atoms with Crippen LogP contribution in [0.2, 0.25) is 0 Å². The monoisotopic (exact) mass is 134 g/mol. The van der Waals surface area contributed by atoms with Crippen LogP contribution >= 0.6 is 0 Å². The zero-order valence-corrected chi connectivity index (χ0v) is 5.77. The predicted octanol–water partition coefficient (Wildman–Crippen LogP) is 1.52. The van der Waals surface area contributed by atoms with Crippen LogP contribution in [0.5, 0.6) is 0 Å². The van der Waals surface area contributed by atoms with Gasteiger partial charge in [-0.1, -0.05) is 6.08 Å². The average molecular weight is 134 g/mol. The number of allylic oxidation sites excluding steroid dienone is 3. The van der Waals surface area contributed by atoms with Crippen molar-refractivity contribution < 1.29 is 0 Å². The lowest BCUT2D eigenvalue weighted by Crippen LogP contribution is -2.11. The molecule has 0 aromatic rings. The van der Waals surface area contributed by atoms with Crippen molar-refractivity contribution in [3.8, 4) is 0 Å². The highest BCUT2D eigenvalue weighted by Crippen LogP contribution is 2.27. The molecule has 52 valence electrons. The summed E-state index contributed by atoms with van der Waals surface area (Å²) in [6.45, 7) is 0. The van der Waals surface area contributed by atoms with Gasteiger partial charge < -0.3 is 0 Å². The Morgan fingerprint density at radius 1 is 1.20 bits per heavy atom. The molecule has 1 fully saturated rings. The number of rotatable bonds is 1. The first kappa shape index (κ1) is 5.71. The van der Waals surface area contributed by atoms with Crippen molar-refractivity contribution >= 4 is 6.21 Å². The molecule has 0 saturated heterocycles. The van der Waals surface area contributed by atoms with E-state index >= 15 is 0 Å². The molecule has 0 amide bonds. The van der Waals surface area contributed by atoms with Crippen molar-refractivity contribution in [1.29, 1.82) is 0 Å². The molecule has 1 heterocycles. The van der Waals surface area contributed by atoms with Crippen LogP contribution in [0.15, 0.2) is 29.5 Å². The number of hydrogen-bond acceptors (Lipinski definition) is 2. The van der Waals surface area contributed by atoms with Crippen molar-refractivity contribution in [2.75, 3.05) is 0 Å². The molecule has 0 bridgehead atoms. The zero-order chi connectivity index (χ0) is 6.81. The SMILES string of the molecule is C1=CC=NN(C2CC2)C=C1. The molecular weight excluding hydrogens is 124 g/mol. The van der Waals surface area contributed by atoms with Crippen molar-refractivity contribution in [3.05, 3.63) is 24.4 Å². The Morgan fingerprint density at radius 2 is 2.10 bits per heavy atom. The second kappa shape index (κ2) is 2.29. The Labute approximate surface area is 60.5 Å². The fourth-order valence-electron chi connectivity index (χ4n) is 0.961. The summed E-state index contributed by atoms with van der Waals surface area (Å²) in [6.07, 6.45) is 12.4.